The van der Waals surface area contributed by atoms with Crippen LogP contribution in [0.15, 0.2) is 41.0 Å². The molecule has 104 valence electrons. The lowest BCUT2D eigenvalue weighted by molar-refractivity contribution is -0.136. The Bertz CT molecular complexity index is 618. The van der Waals surface area contributed by atoms with Gasteiger partial charge in [-0.15, -0.1) is 0 Å². The van der Waals surface area contributed by atoms with Crippen LogP contribution in [0.3, 0.4) is 0 Å². The van der Waals surface area contributed by atoms with E-state index in [0.29, 0.717) is 11.4 Å². The van der Waals surface area contributed by atoms with Crippen molar-refractivity contribution in [2.45, 2.75) is 20.4 Å². The predicted molar refractivity (Wildman–Crippen MR) is 75.1 cm³/mol. The molecule has 0 radical (unpaired) electrons. The number of nitrogens with one attached hydrogen (secondary N) is 2. The lowest BCUT2D eigenvalue weighted by Crippen LogP contribution is -2.35. The van der Waals surface area contributed by atoms with Crippen LogP contribution in [0.1, 0.15) is 16.9 Å². The second-order valence-corrected chi connectivity index (χ2v) is 4.46. The van der Waals surface area contributed by atoms with Crippen LogP contribution in [-0.2, 0) is 16.1 Å². The van der Waals surface area contributed by atoms with Crippen LogP contribution in [0, 0.1) is 13.8 Å². The van der Waals surface area contributed by atoms with Gasteiger partial charge in [-0.25, -0.2) is 0 Å². The first-order chi connectivity index (χ1) is 9.58. The summed E-state index contributed by atoms with van der Waals surface area (Å²) in [5, 5.41) is 5.09. The first-order valence-corrected chi connectivity index (χ1v) is 6.25. The fourth-order valence-electron chi connectivity index (χ4n) is 1.73. The van der Waals surface area contributed by atoms with Crippen LogP contribution in [-0.4, -0.2) is 11.8 Å². The van der Waals surface area contributed by atoms with E-state index in [4.69, 9.17) is 4.42 Å². The Morgan fingerprint density at radius 2 is 1.90 bits per heavy atom. The summed E-state index contributed by atoms with van der Waals surface area (Å²) in [5.74, 6) is -0.787. The normalized spacial score (nSPS) is 10.1. The van der Waals surface area contributed by atoms with Crippen LogP contribution in [0.4, 0.5) is 5.69 Å². The van der Waals surface area contributed by atoms with Crippen molar-refractivity contribution < 1.29 is 14.0 Å². The molecule has 0 saturated heterocycles. The lowest BCUT2D eigenvalue weighted by Gasteiger charge is -2.10. The highest BCUT2D eigenvalue weighted by molar-refractivity contribution is 6.39. The maximum atomic E-state index is 11.8. The van der Waals surface area contributed by atoms with E-state index in [1.807, 2.05) is 26.0 Å². The average molecular weight is 272 g/mol. The Morgan fingerprint density at radius 1 is 1.10 bits per heavy atom. The highest BCUT2D eigenvalue weighted by atomic mass is 16.3. The van der Waals surface area contributed by atoms with E-state index in [1.165, 1.54) is 6.26 Å². The molecule has 1 aromatic carbocycles. The van der Waals surface area contributed by atoms with Crippen LogP contribution in [0.5, 0.6) is 0 Å². The van der Waals surface area contributed by atoms with Crippen LogP contribution in [0.2, 0.25) is 0 Å². The van der Waals surface area contributed by atoms with Gasteiger partial charge in [0.15, 0.2) is 0 Å². The van der Waals surface area contributed by atoms with Gasteiger partial charge in [0, 0.05) is 5.69 Å². The van der Waals surface area contributed by atoms with Crippen molar-refractivity contribution in [3.63, 3.8) is 0 Å². The summed E-state index contributed by atoms with van der Waals surface area (Å²) in [7, 11) is 0. The van der Waals surface area contributed by atoms with E-state index in [9.17, 15) is 9.59 Å². The third kappa shape index (κ3) is 3.26. The molecule has 5 heteroatoms. The minimum Gasteiger partial charge on any atom is -0.467 e. The van der Waals surface area contributed by atoms with Gasteiger partial charge in [0.05, 0.1) is 12.8 Å². The molecular formula is C15H16N2O3. The first-order valence-electron chi connectivity index (χ1n) is 6.25. The van der Waals surface area contributed by atoms with Crippen molar-refractivity contribution >= 4 is 17.5 Å². The number of furan rings is 1. The van der Waals surface area contributed by atoms with Gasteiger partial charge in [0.1, 0.15) is 5.76 Å². The van der Waals surface area contributed by atoms with Crippen molar-refractivity contribution in [2.75, 3.05) is 5.32 Å². The molecule has 0 saturated carbocycles. The number of benzene rings is 1. The number of hydrogen-bond acceptors (Lipinski definition) is 3. The van der Waals surface area contributed by atoms with Gasteiger partial charge < -0.3 is 15.1 Å². The highest BCUT2D eigenvalue weighted by Crippen LogP contribution is 2.17. The quantitative estimate of drug-likeness (QED) is 0.841. The van der Waals surface area contributed by atoms with E-state index in [-0.39, 0.29) is 6.54 Å². The topological polar surface area (TPSA) is 71.3 Å². The van der Waals surface area contributed by atoms with E-state index in [2.05, 4.69) is 10.6 Å². The molecule has 0 aliphatic heterocycles. The molecule has 0 bridgehead atoms. The van der Waals surface area contributed by atoms with Gasteiger partial charge in [0.25, 0.3) is 0 Å². The average Bonchev–Trinajstić information content (AvgIpc) is 2.94. The summed E-state index contributed by atoms with van der Waals surface area (Å²) >= 11 is 0. The third-order valence-corrected chi connectivity index (χ3v) is 3.06. The first kappa shape index (κ1) is 13.9. The smallest absolute Gasteiger partial charge is 0.313 e. The van der Waals surface area contributed by atoms with Crippen LogP contribution in [0.25, 0.3) is 0 Å². The monoisotopic (exact) mass is 272 g/mol. The number of amides is 2. The minimum atomic E-state index is -0.692. The SMILES string of the molecule is Cc1cccc(NC(=O)C(=O)NCc2ccco2)c1C. The van der Waals surface area contributed by atoms with Crippen molar-refractivity contribution in [3.8, 4) is 0 Å². The molecule has 0 aliphatic rings. The van der Waals surface area contributed by atoms with E-state index < -0.39 is 11.8 Å². The number of aryl methyl sites for hydroxylation is 1. The fourth-order valence-corrected chi connectivity index (χ4v) is 1.73. The largest absolute Gasteiger partial charge is 0.467 e. The van der Waals surface area contributed by atoms with Crippen molar-refractivity contribution in [3.05, 3.63) is 53.5 Å². The van der Waals surface area contributed by atoms with Crippen LogP contribution >= 0.6 is 0 Å². The number of hydrogen-bond donors (Lipinski definition) is 2. The molecule has 0 fully saturated rings. The molecule has 20 heavy (non-hydrogen) atoms. The Balaban J connectivity index is 1.94. The standard InChI is InChI=1S/C15H16N2O3/c1-10-5-3-7-13(11(10)2)17-15(19)14(18)16-9-12-6-4-8-20-12/h3-8H,9H2,1-2H3,(H,16,18)(H,17,19). The number of carbonyl (C=O) groups excluding carboxylic acids is 2. The van der Waals surface area contributed by atoms with Gasteiger partial charge in [-0.3, -0.25) is 9.59 Å². The zero-order valence-electron chi connectivity index (χ0n) is 11.4. The van der Waals surface area contributed by atoms with Crippen LogP contribution < -0.4 is 10.6 Å². The van der Waals surface area contributed by atoms with Gasteiger partial charge in [-0.1, -0.05) is 12.1 Å². The zero-order valence-corrected chi connectivity index (χ0v) is 11.4. The number of rotatable bonds is 3. The van der Waals surface area contributed by atoms with Gasteiger partial charge >= 0.3 is 11.8 Å². The summed E-state index contributed by atoms with van der Waals surface area (Å²) in [5.41, 5.74) is 2.64. The minimum absolute atomic E-state index is 0.187. The molecule has 2 aromatic rings. The molecule has 2 N–H and O–H groups in total. The Hall–Kier alpha value is -2.56. The fraction of sp³-hybridized carbons (Fsp3) is 0.200. The van der Waals surface area contributed by atoms with Gasteiger partial charge in [-0.05, 0) is 43.2 Å². The summed E-state index contributed by atoms with van der Waals surface area (Å²) in [6.07, 6.45) is 1.51. The maximum absolute atomic E-state index is 11.8. The summed E-state index contributed by atoms with van der Waals surface area (Å²) in [4.78, 5) is 23.5. The third-order valence-electron chi connectivity index (χ3n) is 3.06. The molecule has 2 amide bonds. The molecule has 1 heterocycles. The molecule has 2 rings (SSSR count). The van der Waals surface area contributed by atoms with Crippen molar-refractivity contribution in [2.24, 2.45) is 0 Å². The lowest BCUT2D eigenvalue weighted by atomic mass is 10.1. The molecular weight excluding hydrogens is 256 g/mol. The number of carbonyl (C=O) groups is 2. The second-order valence-electron chi connectivity index (χ2n) is 4.46. The van der Waals surface area contributed by atoms with E-state index in [1.54, 1.807) is 18.2 Å². The Kier molecular flexibility index (Phi) is 4.20. The van der Waals surface area contributed by atoms with Crippen molar-refractivity contribution in [1.82, 2.24) is 5.32 Å². The Labute approximate surface area is 117 Å². The van der Waals surface area contributed by atoms with Crippen molar-refractivity contribution in [1.29, 1.82) is 0 Å². The zero-order chi connectivity index (χ0) is 14.5. The summed E-state index contributed by atoms with van der Waals surface area (Å²) < 4.78 is 5.07. The van der Waals surface area contributed by atoms with E-state index in [0.717, 1.165) is 11.1 Å². The highest BCUT2D eigenvalue weighted by Gasteiger charge is 2.15. The number of anilines is 1. The molecule has 0 spiro atoms. The molecule has 5 nitrogen and oxygen atoms in total. The molecule has 0 unspecified atom stereocenters. The predicted octanol–water partition coefficient (Wildman–Crippen LogP) is 2.15. The molecule has 0 aliphatic carbocycles. The van der Waals surface area contributed by atoms with Gasteiger partial charge in [0.2, 0.25) is 0 Å². The maximum Gasteiger partial charge on any atom is 0.313 e. The van der Waals surface area contributed by atoms with E-state index >= 15 is 0 Å². The van der Waals surface area contributed by atoms with Gasteiger partial charge in [-0.2, -0.15) is 0 Å². The second kappa shape index (κ2) is 6.06. The molecule has 1 aromatic heterocycles. The molecule has 0 atom stereocenters. The summed E-state index contributed by atoms with van der Waals surface area (Å²) in [6.45, 7) is 4.03. The Morgan fingerprint density at radius 3 is 2.60 bits per heavy atom. The summed E-state index contributed by atoms with van der Waals surface area (Å²) in [6, 6.07) is 8.99.